The smallest absolute Gasteiger partial charge is 0.236 e. The summed E-state index contributed by atoms with van der Waals surface area (Å²) in [4.78, 5) is 22.1. The van der Waals surface area contributed by atoms with Gasteiger partial charge >= 0.3 is 0 Å². The monoisotopic (exact) mass is 339 g/mol. The van der Waals surface area contributed by atoms with Crippen LogP contribution in [-0.4, -0.2) is 40.4 Å². The Morgan fingerprint density at radius 3 is 2.68 bits per heavy atom. The van der Waals surface area contributed by atoms with Gasteiger partial charge in [0.15, 0.2) is 0 Å². The Kier molecular flexibility index (Phi) is 5.95. The van der Waals surface area contributed by atoms with Gasteiger partial charge in [-0.05, 0) is 61.4 Å². The molecule has 0 unspecified atom stereocenters. The van der Waals surface area contributed by atoms with Crippen LogP contribution in [0.5, 0.6) is 0 Å². The van der Waals surface area contributed by atoms with Gasteiger partial charge in [0.25, 0.3) is 0 Å². The van der Waals surface area contributed by atoms with Gasteiger partial charge in [0.1, 0.15) is 11.6 Å². The number of nitrogens with one attached hydrogen (secondary N) is 1. The zero-order valence-electron chi connectivity index (χ0n) is 14.4. The highest BCUT2D eigenvalue weighted by Crippen LogP contribution is 2.23. The van der Waals surface area contributed by atoms with E-state index in [9.17, 15) is 4.79 Å². The lowest BCUT2D eigenvalue weighted by molar-refractivity contribution is -0.131. The summed E-state index contributed by atoms with van der Waals surface area (Å²) in [6.45, 7) is 1.79. The summed E-state index contributed by atoms with van der Waals surface area (Å²) in [5, 5.41) is 3.23. The Bertz CT molecular complexity index is 683. The minimum Gasteiger partial charge on any atom is -0.342 e. The minimum absolute atomic E-state index is 0.0674. The van der Waals surface area contributed by atoms with Crippen molar-refractivity contribution in [3.05, 3.63) is 48.3 Å². The van der Waals surface area contributed by atoms with Crippen molar-refractivity contribution in [1.29, 1.82) is 0 Å². The van der Waals surface area contributed by atoms with Crippen molar-refractivity contribution in [2.45, 2.75) is 25.7 Å². The third-order valence-corrected chi connectivity index (χ3v) is 4.73. The highest BCUT2D eigenvalue weighted by molar-refractivity contribution is 5.78. The first-order valence-corrected chi connectivity index (χ1v) is 8.85. The third-order valence-electron chi connectivity index (χ3n) is 4.73. The van der Waals surface area contributed by atoms with Crippen LogP contribution in [0.15, 0.2) is 42.7 Å². The van der Waals surface area contributed by atoms with Crippen LogP contribution in [0.4, 0.5) is 11.6 Å². The van der Waals surface area contributed by atoms with E-state index >= 15 is 0 Å². The van der Waals surface area contributed by atoms with Gasteiger partial charge in [0, 0.05) is 25.5 Å². The zero-order valence-corrected chi connectivity index (χ0v) is 14.4. The van der Waals surface area contributed by atoms with Gasteiger partial charge in [-0.15, -0.1) is 0 Å². The molecule has 0 aliphatic carbocycles. The molecule has 1 aliphatic rings. The molecule has 0 radical (unpaired) electrons. The van der Waals surface area contributed by atoms with Crippen molar-refractivity contribution in [3.8, 4) is 0 Å². The molecule has 1 fully saturated rings. The molecule has 3 rings (SSSR count). The maximum atomic E-state index is 11.6. The zero-order chi connectivity index (χ0) is 17.5. The first-order chi connectivity index (χ1) is 12.2. The largest absolute Gasteiger partial charge is 0.342 e. The van der Waals surface area contributed by atoms with Crippen molar-refractivity contribution in [1.82, 2.24) is 14.9 Å². The Morgan fingerprint density at radius 1 is 1.16 bits per heavy atom. The molecule has 0 aromatic carbocycles. The summed E-state index contributed by atoms with van der Waals surface area (Å²) in [5.41, 5.74) is 6.71. The van der Waals surface area contributed by atoms with E-state index in [0.29, 0.717) is 5.92 Å². The molecule has 0 spiro atoms. The highest BCUT2D eigenvalue weighted by atomic mass is 16.2. The molecule has 6 nitrogen and oxygen atoms in total. The first kappa shape index (κ1) is 17.4. The van der Waals surface area contributed by atoms with E-state index in [0.717, 1.165) is 50.4 Å². The van der Waals surface area contributed by atoms with E-state index < -0.39 is 0 Å². The summed E-state index contributed by atoms with van der Waals surface area (Å²) < 4.78 is 0. The minimum atomic E-state index is 0.0674. The molecular weight excluding hydrogens is 314 g/mol. The molecule has 6 heteroatoms. The van der Waals surface area contributed by atoms with Gasteiger partial charge < -0.3 is 16.0 Å². The number of aryl methyl sites for hydroxylation is 1. The van der Waals surface area contributed by atoms with Crippen molar-refractivity contribution < 1.29 is 4.79 Å². The van der Waals surface area contributed by atoms with E-state index in [1.165, 1.54) is 5.56 Å². The molecule has 3 heterocycles. The SMILES string of the molecule is NCC(=O)N1CCC(CCc2ccnc(Nc3ccccn3)c2)CC1. The van der Waals surface area contributed by atoms with Crippen LogP contribution in [0, 0.1) is 5.92 Å². The molecule has 1 aliphatic heterocycles. The Balaban J connectivity index is 1.49. The topological polar surface area (TPSA) is 84.1 Å². The number of rotatable bonds is 6. The molecule has 0 bridgehead atoms. The number of carbonyl (C=O) groups is 1. The average Bonchev–Trinajstić information content (AvgIpc) is 2.67. The summed E-state index contributed by atoms with van der Waals surface area (Å²) in [7, 11) is 0. The van der Waals surface area contributed by atoms with Crippen LogP contribution >= 0.6 is 0 Å². The van der Waals surface area contributed by atoms with E-state index in [4.69, 9.17) is 5.73 Å². The predicted octanol–water partition coefficient (Wildman–Crippen LogP) is 2.35. The average molecular weight is 339 g/mol. The summed E-state index contributed by atoms with van der Waals surface area (Å²) >= 11 is 0. The number of aromatic nitrogens is 2. The lowest BCUT2D eigenvalue weighted by Gasteiger charge is -2.31. The van der Waals surface area contributed by atoms with Crippen molar-refractivity contribution in [2.75, 3.05) is 25.0 Å². The second-order valence-electron chi connectivity index (χ2n) is 6.46. The second-order valence-corrected chi connectivity index (χ2v) is 6.46. The maximum absolute atomic E-state index is 11.6. The second kappa shape index (κ2) is 8.58. The number of pyridine rings is 2. The van der Waals surface area contributed by atoms with Crippen molar-refractivity contribution in [2.24, 2.45) is 11.7 Å². The fourth-order valence-electron chi connectivity index (χ4n) is 3.24. The Morgan fingerprint density at radius 2 is 1.96 bits per heavy atom. The van der Waals surface area contributed by atoms with Crippen LogP contribution in [0.25, 0.3) is 0 Å². The van der Waals surface area contributed by atoms with Gasteiger partial charge in [-0.3, -0.25) is 4.79 Å². The first-order valence-electron chi connectivity index (χ1n) is 8.85. The van der Waals surface area contributed by atoms with Crippen molar-refractivity contribution >= 4 is 17.5 Å². The number of piperidine rings is 1. The molecule has 2 aromatic heterocycles. The highest BCUT2D eigenvalue weighted by Gasteiger charge is 2.21. The van der Waals surface area contributed by atoms with Gasteiger partial charge in [0.05, 0.1) is 6.54 Å². The Hall–Kier alpha value is -2.47. The predicted molar refractivity (Wildman–Crippen MR) is 98.4 cm³/mol. The fraction of sp³-hybridized carbons (Fsp3) is 0.421. The van der Waals surface area contributed by atoms with Gasteiger partial charge in [0.2, 0.25) is 5.91 Å². The van der Waals surface area contributed by atoms with Crippen LogP contribution in [0.1, 0.15) is 24.8 Å². The molecule has 0 atom stereocenters. The summed E-state index contributed by atoms with van der Waals surface area (Å²) in [6, 6.07) is 9.91. The lowest BCUT2D eigenvalue weighted by Crippen LogP contribution is -2.41. The van der Waals surface area contributed by atoms with Crippen molar-refractivity contribution in [3.63, 3.8) is 0 Å². The molecule has 1 amide bonds. The number of nitrogens with two attached hydrogens (primary N) is 1. The normalized spacial score (nSPS) is 15.2. The quantitative estimate of drug-likeness (QED) is 0.844. The molecule has 2 aromatic rings. The standard InChI is InChI=1S/C19H25N5O/c20-14-19(25)24-11-7-15(8-12-24)4-5-16-6-10-22-18(13-16)23-17-3-1-2-9-21-17/h1-3,6,9-10,13,15H,4-5,7-8,11-12,14,20H2,(H,21,22,23). The summed E-state index contributed by atoms with van der Waals surface area (Å²) in [6.07, 6.45) is 7.88. The van der Waals surface area contributed by atoms with Gasteiger partial charge in [-0.25, -0.2) is 9.97 Å². The van der Waals surface area contributed by atoms with Gasteiger partial charge in [-0.1, -0.05) is 6.07 Å². The summed E-state index contributed by atoms with van der Waals surface area (Å²) in [5.74, 6) is 2.35. The van der Waals surface area contributed by atoms with Crippen LogP contribution in [0.3, 0.4) is 0 Å². The molecule has 0 saturated carbocycles. The number of nitrogens with zero attached hydrogens (tertiary/aromatic N) is 3. The fourth-order valence-corrected chi connectivity index (χ4v) is 3.24. The van der Waals surface area contributed by atoms with E-state index in [1.54, 1.807) is 6.20 Å². The maximum Gasteiger partial charge on any atom is 0.236 e. The Labute approximate surface area is 148 Å². The van der Waals surface area contributed by atoms with Crippen LogP contribution in [-0.2, 0) is 11.2 Å². The molecular formula is C19H25N5O. The number of likely N-dealkylation sites (tertiary alicyclic amines) is 1. The number of amides is 1. The molecule has 3 N–H and O–H groups in total. The number of hydrogen-bond donors (Lipinski definition) is 2. The van der Waals surface area contributed by atoms with Crippen LogP contribution < -0.4 is 11.1 Å². The van der Waals surface area contributed by atoms with Gasteiger partial charge in [-0.2, -0.15) is 0 Å². The molecule has 1 saturated heterocycles. The van der Waals surface area contributed by atoms with E-state index in [2.05, 4.69) is 27.4 Å². The van der Waals surface area contributed by atoms with E-state index in [-0.39, 0.29) is 12.5 Å². The number of carbonyl (C=O) groups excluding carboxylic acids is 1. The number of hydrogen-bond acceptors (Lipinski definition) is 5. The third kappa shape index (κ3) is 5.00. The number of anilines is 2. The van der Waals surface area contributed by atoms with E-state index in [1.807, 2.05) is 29.3 Å². The molecule has 132 valence electrons. The lowest BCUT2D eigenvalue weighted by atomic mass is 9.90. The molecule has 25 heavy (non-hydrogen) atoms. The van der Waals surface area contributed by atoms with Crippen LogP contribution in [0.2, 0.25) is 0 Å².